The van der Waals surface area contributed by atoms with Crippen molar-refractivity contribution in [1.82, 2.24) is 0 Å². The number of rotatable bonds is 8. The SMILES string of the molecule is CC=CCCC(C)C(=CO)C(=O)OCCCC. The quantitative estimate of drug-likeness (QED) is 0.231. The summed E-state index contributed by atoms with van der Waals surface area (Å²) in [4.78, 5) is 11.7. The first kappa shape index (κ1) is 15.8. The Labute approximate surface area is 104 Å². The summed E-state index contributed by atoms with van der Waals surface area (Å²) in [5.41, 5.74) is 0.366. The lowest BCUT2D eigenvalue weighted by molar-refractivity contribution is -0.139. The Morgan fingerprint density at radius 2 is 2.18 bits per heavy atom. The molecule has 0 heterocycles. The molecule has 0 aromatic carbocycles. The molecule has 0 aromatic rings. The van der Waals surface area contributed by atoms with Crippen molar-refractivity contribution in [3.05, 3.63) is 24.0 Å². The number of carbonyl (C=O) groups excluding carboxylic acids is 1. The largest absolute Gasteiger partial charge is 0.515 e. The maximum absolute atomic E-state index is 11.7. The zero-order chi connectivity index (χ0) is 13.1. The van der Waals surface area contributed by atoms with E-state index in [2.05, 4.69) is 0 Å². The highest BCUT2D eigenvalue weighted by Crippen LogP contribution is 2.18. The van der Waals surface area contributed by atoms with Crippen LogP contribution in [0.4, 0.5) is 0 Å². The predicted molar refractivity (Wildman–Crippen MR) is 69.8 cm³/mol. The third-order valence-corrected chi connectivity index (χ3v) is 2.64. The lowest BCUT2D eigenvalue weighted by Crippen LogP contribution is -2.15. The molecule has 3 nitrogen and oxygen atoms in total. The highest BCUT2D eigenvalue weighted by atomic mass is 16.5. The molecule has 0 radical (unpaired) electrons. The van der Waals surface area contributed by atoms with Gasteiger partial charge in [-0.15, -0.1) is 0 Å². The summed E-state index contributed by atoms with van der Waals surface area (Å²) in [6, 6.07) is 0. The number of hydrogen-bond donors (Lipinski definition) is 1. The molecule has 0 fully saturated rings. The van der Waals surface area contributed by atoms with Gasteiger partial charge in [0.25, 0.3) is 0 Å². The molecule has 0 spiro atoms. The molecule has 98 valence electrons. The number of aliphatic hydroxyl groups is 1. The van der Waals surface area contributed by atoms with Crippen molar-refractivity contribution in [2.75, 3.05) is 6.61 Å². The van der Waals surface area contributed by atoms with E-state index in [0.29, 0.717) is 12.2 Å². The fraction of sp³-hybridized carbons (Fsp3) is 0.643. The van der Waals surface area contributed by atoms with Crippen LogP contribution in [0.3, 0.4) is 0 Å². The molecular weight excluding hydrogens is 216 g/mol. The standard InChI is InChI=1S/C14H24O3/c1-4-6-8-9-12(3)13(11-15)14(16)17-10-7-5-2/h4,6,11-12,15H,5,7-10H2,1-3H3. The van der Waals surface area contributed by atoms with Gasteiger partial charge in [0.05, 0.1) is 18.4 Å². The molecule has 0 aromatic heterocycles. The van der Waals surface area contributed by atoms with Gasteiger partial charge in [-0.1, -0.05) is 32.4 Å². The summed E-state index contributed by atoms with van der Waals surface area (Å²) in [7, 11) is 0. The molecule has 0 bridgehead atoms. The fourth-order valence-corrected chi connectivity index (χ4v) is 1.44. The third kappa shape index (κ3) is 6.82. The highest BCUT2D eigenvalue weighted by Gasteiger charge is 2.18. The number of ether oxygens (including phenoxy) is 1. The Hall–Kier alpha value is -1.25. The van der Waals surface area contributed by atoms with Crippen LogP contribution in [0.25, 0.3) is 0 Å². The average Bonchev–Trinajstić information content (AvgIpc) is 2.30. The maximum atomic E-state index is 11.7. The van der Waals surface area contributed by atoms with E-state index in [9.17, 15) is 4.79 Å². The number of aliphatic hydroxyl groups excluding tert-OH is 1. The number of unbranched alkanes of at least 4 members (excludes halogenated alkanes) is 1. The van der Waals surface area contributed by atoms with E-state index in [-0.39, 0.29) is 5.92 Å². The van der Waals surface area contributed by atoms with Gasteiger partial charge in [0, 0.05) is 0 Å². The van der Waals surface area contributed by atoms with E-state index < -0.39 is 5.97 Å². The van der Waals surface area contributed by atoms with Crippen LogP contribution in [0.15, 0.2) is 24.0 Å². The van der Waals surface area contributed by atoms with Gasteiger partial charge >= 0.3 is 5.97 Å². The van der Waals surface area contributed by atoms with Gasteiger partial charge in [0.15, 0.2) is 0 Å². The van der Waals surface area contributed by atoms with Crippen molar-refractivity contribution in [3.8, 4) is 0 Å². The number of allylic oxidation sites excluding steroid dienone is 2. The zero-order valence-electron chi connectivity index (χ0n) is 11.1. The molecule has 1 atom stereocenters. The molecule has 0 rings (SSSR count). The topological polar surface area (TPSA) is 46.5 Å². The molecule has 1 unspecified atom stereocenters. The molecule has 17 heavy (non-hydrogen) atoms. The minimum absolute atomic E-state index is 0.0188. The van der Waals surface area contributed by atoms with Crippen molar-refractivity contribution in [3.63, 3.8) is 0 Å². The van der Waals surface area contributed by atoms with Crippen molar-refractivity contribution >= 4 is 5.97 Å². The van der Waals surface area contributed by atoms with Gasteiger partial charge in [-0.05, 0) is 32.1 Å². The summed E-state index contributed by atoms with van der Waals surface area (Å²) in [5.74, 6) is -0.376. The van der Waals surface area contributed by atoms with Crippen molar-refractivity contribution in [2.45, 2.75) is 46.5 Å². The van der Waals surface area contributed by atoms with Crippen LogP contribution in [0.1, 0.15) is 46.5 Å². The van der Waals surface area contributed by atoms with Crippen molar-refractivity contribution < 1.29 is 14.6 Å². The molecule has 0 saturated carbocycles. The smallest absolute Gasteiger partial charge is 0.337 e. The average molecular weight is 240 g/mol. The summed E-state index contributed by atoms with van der Waals surface area (Å²) in [6.45, 7) is 6.35. The zero-order valence-corrected chi connectivity index (χ0v) is 11.1. The van der Waals surface area contributed by atoms with E-state index >= 15 is 0 Å². The Morgan fingerprint density at radius 3 is 2.71 bits per heavy atom. The van der Waals surface area contributed by atoms with Gasteiger partial charge in [0.2, 0.25) is 0 Å². The molecule has 0 aliphatic carbocycles. The summed E-state index contributed by atoms with van der Waals surface area (Å²) in [5, 5.41) is 9.10. The molecule has 0 amide bonds. The predicted octanol–water partition coefficient (Wildman–Crippen LogP) is 3.76. The van der Waals surface area contributed by atoms with E-state index in [1.54, 1.807) is 0 Å². The van der Waals surface area contributed by atoms with Gasteiger partial charge < -0.3 is 9.84 Å². The minimum atomic E-state index is -0.395. The Bertz CT molecular complexity index is 267. The molecule has 1 N–H and O–H groups in total. The first-order valence-corrected chi connectivity index (χ1v) is 6.29. The minimum Gasteiger partial charge on any atom is -0.515 e. The van der Waals surface area contributed by atoms with E-state index in [1.807, 2.05) is 32.9 Å². The van der Waals surface area contributed by atoms with Gasteiger partial charge in [0.1, 0.15) is 0 Å². The van der Waals surface area contributed by atoms with Gasteiger partial charge in [-0.3, -0.25) is 0 Å². The second-order valence-electron chi connectivity index (χ2n) is 4.12. The van der Waals surface area contributed by atoms with E-state index in [4.69, 9.17) is 9.84 Å². The molecule has 0 saturated heterocycles. The molecule has 0 aliphatic heterocycles. The number of hydrogen-bond acceptors (Lipinski definition) is 3. The number of esters is 1. The third-order valence-electron chi connectivity index (χ3n) is 2.64. The van der Waals surface area contributed by atoms with Crippen LogP contribution < -0.4 is 0 Å². The van der Waals surface area contributed by atoms with Crippen LogP contribution in [0.2, 0.25) is 0 Å². The Kier molecular flexibility index (Phi) is 9.21. The first-order chi connectivity index (χ1) is 8.17. The maximum Gasteiger partial charge on any atom is 0.337 e. The van der Waals surface area contributed by atoms with Crippen LogP contribution in [0, 0.1) is 5.92 Å². The second kappa shape index (κ2) is 9.94. The van der Waals surface area contributed by atoms with Gasteiger partial charge in [-0.25, -0.2) is 4.79 Å². The van der Waals surface area contributed by atoms with Crippen LogP contribution in [0.5, 0.6) is 0 Å². The van der Waals surface area contributed by atoms with E-state index in [0.717, 1.165) is 31.9 Å². The van der Waals surface area contributed by atoms with Crippen molar-refractivity contribution in [1.29, 1.82) is 0 Å². The molecule has 0 aliphatic rings. The molecule has 3 heteroatoms. The Morgan fingerprint density at radius 1 is 1.47 bits per heavy atom. The summed E-state index contributed by atoms with van der Waals surface area (Å²) in [6.07, 6.45) is 8.49. The van der Waals surface area contributed by atoms with Crippen LogP contribution in [-0.2, 0) is 9.53 Å². The highest BCUT2D eigenvalue weighted by molar-refractivity contribution is 5.88. The van der Waals surface area contributed by atoms with Crippen LogP contribution >= 0.6 is 0 Å². The normalized spacial score (nSPS) is 13.9. The molecular formula is C14H24O3. The van der Waals surface area contributed by atoms with Gasteiger partial charge in [-0.2, -0.15) is 0 Å². The lowest BCUT2D eigenvalue weighted by Gasteiger charge is -2.13. The lowest BCUT2D eigenvalue weighted by atomic mass is 9.97. The Balaban J connectivity index is 4.16. The summed E-state index contributed by atoms with van der Waals surface area (Å²) >= 11 is 0. The fourth-order valence-electron chi connectivity index (χ4n) is 1.44. The number of carbonyl (C=O) groups is 1. The van der Waals surface area contributed by atoms with E-state index in [1.165, 1.54) is 0 Å². The summed E-state index contributed by atoms with van der Waals surface area (Å²) < 4.78 is 5.08. The monoisotopic (exact) mass is 240 g/mol. The van der Waals surface area contributed by atoms with Crippen LogP contribution in [-0.4, -0.2) is 17.7 Å². The van der Waals surface area contributed by atoms with Crippen molar-refractivity contribution in [2.24, 2.45) is 5.92 Å². The first-order valence-electron chi connectivity index (χ1n) is 6.29. The second-order valence-corrected chi connectivity index (χ2v) is 4.12.